The molecule has 0 spiro atoms. The highest BCUT2D eigenvalue weighted by molar-refractivity contribution is 5.97. The Kier molecular flexibility index (Phi) is 4.44. The molecule has 1 aromatic rings. The van der Waals surface area contributed by atoms with Crippen LogP contribution in [0.2, 0.25) is 0 Å². The van der Waals surface area contributed by atoms with Gasteiger partial charge in [-0.05, 0) is 32.0 Å². The molecule has 2 amide bonds. The maximum absolute atomic E-state index is 12.0. The van der Waals surface area contributed by atoms with Crippen molar-refractivity contribution in [3.05, 3.63) is 29.8 Å². The van der Waals surface area contributed by atoms with Gasteiger partial charge in [-0.15, -0.1) is 0 Å². The van der Waals surface area contributed by atoms with Crippen molar-refractivity contribution < 1.29 is 9.59 Å². The highest BCUT2D eigenvalue weighted by Crippen LogP contribution is 2.11. The van der Waals surface area contributed by atoms with Gasteiger partial charge in [0.2, 0.25) is 5.91 Å². The number of nitrogens with one attached hydrogen (secondary N) is 2. The molecule has 5 nitrogen and oxygen atoms in total. The second-order valence-electron chi connectivity index (χ2n) is 4.80. The average molecular weight is 249 g/mol. The van der Waals surface area contributed by atoms with Crippen LogP contribution in [-0.2, 0) is 4.79 Å². The summed E-state index contributed by atoms with van der Waals surface area (Å²) in [6.45, 7) is 5.47. The van der Waals surface area contributed by atoms with Crippen LogP contribution < -0.4 is 16.4 Å². The van der Waals surface area contributed by atoms with E-state index < -0.39 is 5.54 Å². The number of benzene rings is 1. The molecule has 0 radical (unpaired) electrons. The molecule has 0 saturated carbocycles. The molecule has 0 unspecified atom stereocenters. The number of carbonyl (C=O) groups excluding carboxylic acids is 2. The molecular weight excluding hydrogens is 230 g/mol. The van der Waals surface area contributed by atoms with Crippen molar-refractivity contribution in [1.29, 1.82) is 0 Å². The predicted molar refractivity (Wildman–Crippen MR) is 71.3 cm³/mol. The molecule has 0 aliphatic rings. The molecular formula is C13H19N3O2. The highest BCUT2D eigenvalue weighted by Gasteiger charge is 2.19. The average Bonchev–Trinajstić information content (AvgIpc) is 2.28. The first kappa shape index (κ1) is 14.2. The molecule has 0 aromatic heterocycles. The normalized spacial score (nSPS) is 10.9. The van der Waals surface area contributed by atoms with Crippen LogP contribution in [0.4, 0.5) is 5.69 Å². The van der Waals surface area contributed by atoms with E-state index in [1.807, 2.05) is 13.8 Å². The second-order valence-corrected chi connectivity index (χ2v) is 4.80. The van der Waals surface area contributed by atoms with Crippen molar-refractivity contribution in [3.8, 4) is 0 Å². The smallest absolute Gasteiger partial charge is 0.251 e. The van der Waals surface area contributed by atoms with Crippen molar-refractivity contribution >= 4 is 17.5 Å². The van der Waals surface area contributed by atoms with Gasteiger partial charge in [-0.3, -0.25) is 9.59 Å². The van der Waals surface area contributed by atoms with Crippen LogP contribution in [-0.4, -0.2) is 23.9 Å². The zero-order valence-electron chi connectivity index (χ0n) is 10.9. The first-order valence-electron chi connectivity index (χ1n) is 5.74. The van der Waals surface area contributed by atoms with Crippen LogP contribution in [0, 0.1) is 0 Å². The van der Waals surface area contributed by atoms with Gasteiger partial charge in [0.1, 0.15) is 0 Å². The Hall–Kier alpha value is -1.88. The number of hydrogen-bond acceptors (Lipinski definition) is 3. The first-order chi connectivity index (χ1) is 8.34. The van der Waals surface area contributed by atoms with E-state index in [1.54, 1.807) is 24.3 Å². The SMILES string of the molecule is CC(=O)Nc1cccc(C(=O)NC(C)(C)CN)c1. The fourth-order valence-corrected chi connectivity index (χ4v) is 1.37. The van der Waals surface area contributed by atoms with Crippen LogP contribution in [0.25, 0.3) is 0 Å². The summed E-state index contributed by atoms with van der Waals surface area (Å²) in [7, 11) is 0. The van der Waals surface area contributed by atoms with Crippen molar-refractivity contribution in [3.63, 3.8) is 0 Å². The summed E-state index contributed by atoms with van der Waals surface area (Å²) in [6.07, 6.45) is 0. The van der Waals surface area contributed by atoms with Crippen molar-refractivity contribution in [2.24, 2.45) is 5.73 Å². The predicted octanol–water partition coefficient (Wildman–Crippen LogP) is 1.11. The fourth-order valence-electron chi connectivity index (χ4n) is 1.37. The quantitative estimate of drug-likeness (QED) is 0.747. The Morgan fingerprint density at radius 3 is 2.56 bits per heavy atom. The lowest BCUT2D eigenvalue weighted by Gasteiger charge is -2.24. The van der Waals surface area contributed by atoms with E-state index in [1.165, 1.54) is 6.92 Å². The zero-order valence-corrected chi connectivity index (χ0v) is 10.9. The van der Waals surface area contributed by atoms with Gasteiger partial charge in [0.25, 0.3) is 5.91 Å². The molecule has 0 fully saturated rings. The Morgan fingerprint density at radius 2 is 2.00 bits per heavy atom. The number of carbonyl (C=O) groups is 2. The third-order valence-electron chi connectivity index (χ3n) is 2.41. The van der Waals surface area contributed by atoms with E-state index >= 15 is 0 Å². The summed E-state index contributed by atoms with van der Waals surface area (Å²) in [4.78, 5) is 22.9. The first-order valence-corrected chi connectivity index (χ1v) is 5.74. The van der Waals surface area contributed by atoms with Crippen LogP contribution in [0.3, 0.4) is 0 Å². The standard InChI is InChI=1S/C13H19N3O2/c1-9(17)15-11-6-4-5-10(7-11)12(18)16-13(2,3)8-14/h4-7H,8,14H2,1-3H3,(H,15,17)(H,16,18). The van der Waals surface area contributed by atoms with Gasteiger partial charge < -0.3 is 16.4 Å². The largest absolute Gasteiger partial charge is 0.346 e. The highest BCUT2D eigenvalue weighted by atomic mass is 16.2. The molecule has 0 bridgehead atoms. The van der Waals surface area contributed by atoms with Gasteiger partial charge in [-0.1, -0.05) is 6.07 Å². The van der Waals surface area contributed by atoms with Gasteiger partial charge in [-0.25, -0.2) is 0 Å². The molecule has 0 heterocycles. The lowest BCUT2D eigenvalue weighted by atomic mass is 10.1. The molecule has 98 valence electrons. The number of anilines is 1. The maximum Gasteiger partial charge on any atom is 0.251 e. The summed E-state index contributed by atoms with van der Waals surface area (Å²) >= 11 is 0. The monoisotopic (exact) mass is 249 g/mol. The minimum atomic E-state index is -0.457. The second kappa shape index (κ2) is 5.64. The van der Waals surface area contributed by atoms with Crippen molar-refractivity contribution in [2.45, 2.75) is 26.3 Å². The summed E-state index contributed by atoms with van der Waals surface area (Å²) in [6, 6.07) is 6.76. The lowest BCUT2D eigenvalue weighted by molar-refractivity contribution is -0.114. The fraction of sp³-hybridized carbons (Fsp3) is 0.385. The number of nitrogens with two attached hydrogens (primary N) is 1. The van der Waals surface area contributed by atoms with Crippen molar-refractivity contribution in [1.82, 2.24) is 5.32 Å². The molecule has 0 aliphatic carbocycles. The van der Waals surface area contributed by atoms with Crippen LogP contribution in [0.1, 0.15) is 31.1 Å². The van der Waals surface area contributed by atoms with E-state index in [4.69, 9.17) is 5.73 Å². The Balaban J connectivity index is 2.83. The lowest BCUT2D eigenvalue weighted by Crippen LogP contribution is -2.48. The molecule has 0 saturated heterocycles. The maximum atomic E-state index is 12.0. The molecule has 0 atom stereocenters. The topological polar surface area (TPSA) is 84.2 Å². The van der Waals surface area contributed by atoms with Crippen LogP contribution in [0.5, 0.6) is 0 Å². The number of amides is 2. The summed E-state index contributed by atoms with van der Waals surface area (Å²) in [5.74, 6) is -0.382. The van der Waals surface area contributed by atoms with E-state index in [0.717, 1.165) is 0 Å². The molecule has 18 heavy (non-hydrogen) atoms. The molecule has 0 aliphatic heterocycles. The third kappa shape index (κ3) is 4.18. The molecule has 5 heteroatoms. The Bertz CT molecular complexity index is 455. The van der Waals surface area contributed by atoms with Crippen LogP contribution >= 0.6 is 0 Å². The summed E-state index contributed by atoms with van der Waals surface area (Å²) in [5, 5.41) is 5.46. The van der Waals surface area contributed by atoms with Gasteiger partial charge in [0.05, 0.1) is 0 Å². The molecule has 1 aromatic carbocycles. The van der Waals surface area contributed by atoms with Gasteiger partial charge in [0, 0.05) is 30.3 Å². The van der Waals surface area contributed by atoms with E-state index in [2.05, 4.69) is 10.6 Å². The van der Waals surface area contributed by atoms with Gasteiger partial charge in [0.15, 0.2) is 0 Å². The van der Waals surface area contributed by atoms with Crippen molar-refractivity contribution in [2.75, 3.05) is 11.9 Å². The Labute approximate surface area is 107 Å². The van der Waals surface area contributed by atoms with E-state index in [9.17, 15) is 9.59 Å². The van der Waals surface area contributed by atoms with Gasteiger partial charge >= 0.3 is 0 Å². The van der Waals surface area contributed by atoms with E-state index in [-0.39, 0.29) is 11.8 Å². The van der Waals surface area contributed by atoms with Gasteiger partial charge in [-0.2, -0.15) is 0 Å². The number of rotatable bonds is 4. The minimum Gasteiger partial charge on any atom is -0.346 e. The molecule has 1 rings (SSSR count). The van der Waals surface area contributed by atoms with E-state index in [0.29, 0.717) is 17.8 Å². The summed E-state index contributed by atoms with van der Waals surface area (Å²) in [5.41, 5.74) is 6.19. The third-order valence-corrected chi connectivity index (χ3v) is 2.41. The zero-order chi connectivity index (χ0) is 13.8. The Morgan fingerprint density at radius 1 is 1.33 bits per heavy atom. The van der Waals surface area contributed by atoms with Crippen LogP contribution in [0.15, 0.2) is 24.3 Å². The molecule has 4 N–H and O–H groups in total. The summed E-state index contributed by atoms with van der Waals surface area (Å²) < 4.78 is 0. The number of hydrogen-bond donors (Lipinski definition) is 3. The minimum absolute atomic E-state index is 0.171.